The van der Waals surface area contributed by atoms with Crippen LogP contribution >= 0.6 is 0 Å². The first-order chi connectivity index (χ1) is 9.94. The molecule has 3 N–H and O–H groups in total. The first kappa shape index (κ1) is 15.6. The van der Waals surface area contributed by atoms with Gasteiger partial charge in [-0.2, -0.15) is 0 Å². The lowest BCUT2D eigenvalue weighted by atomic mass is 9.94. The Labute approximate surface area is 125 Å². The van der Waals surface area contributed by atoms with Gasteiger partial charge in [-0.15, -0.1) is 0 Å². The minimum atomic E-state index is -0.158. The number of benzene rings is 1. The average molecular weight is 292 g/mol. The Bertz CT molecular complexity index is 488. The smallest absolute Gasteiger partial charge is 0.223 e. The van der Waals surface area contributed by atoms with Gasteiger partial charge in [-0.1, -0.05) is 6.07 Å². The molecule has 1 saturated heterocycles. The number of nitrogen functional groups attached to an aromatic ring is 1. The molecule has 0 aromatic heterocycles. The highest BCUT2D eigenvalue weighted by Crippen LogP contribution is 2.23. The Balaban J connectivity index is 1.70. The number of carbonyl (C=O) groups is 1. The van der Waals surface area contributed by atoms with Crippen LogP contribution in [-0.2, 0) is 9.53 Å². The van der Waals surface area contributed by atoms with Gasteiger partial charge in [0.2, 0.25) is 5.91 Å². The van der Waals surface area contributed by atoms with Gasteiger partial charge in [-0.25, -0.2) is 0 Å². The maximum absolute atomic E-state index is 11.9. The van der Waals surface area contributed by atoms with Gasteiger partial charge < -0.3 is 20.5 Å². The lowest BCUT2D eigenvalue weighted by Gasteiger charge is -2.35. The molecule has 1 aliphatic rings. The molecule has 21 heavy (non-hydrogen) atoms. The van der Waals surface area contributed by atoms with Crippen molar-refractivity contribution in [1.82, 2.24) is 5.32 Å². The van der Waals surface area contributed by atoms with Crippen LogP contribution in [0.5, 0.6) is 5.75 Å². The summed E-state index contributed by atoms with van der Waals surface area (Å²) in [5.41, 5.74) is 6.16. The number of nitrogens with two attached hydrogens (primary N) is 1. The van der Waals surface area contributed by atoms with Crippen molar-refractivity contribution in [2.45, 2.75) is 44.8 Å². The van der Waals surface area contributed by atoms with Crippen molar-refractivity contribution in [1.29, 1.82) is 0 Å². The van der Waals surface area contributed by atoms with Crippen LogP contribution in [-0.4, -0.2) is 30.8 Å². The summed E-state index contributed by atoms with van der Waals surface area (Å²) in [6.45, 7) is 5.14. The second-order valence-corrected chi connectivity index (χ2v) is 6.04. The van der Waals surface area contributed by atoms with Crippen molar-refractivity contribution in [2.75, 3.05) is 18.9 Å². The number of rotatable bonds is 5. The number of ether oxygens (including phenoxy) is 2. The lowest BCUT2D eigenvalue weighted by molar-refractivity contribution is -0.124. The largest absolute Gasteiger partial charge is 0.493 e. The van der Waals surface area contributed by atoms with E-state index in [1.54, 1.807) is 12.1 Å². The van der Waals surface area contributed by atoms with Gasteiger partial charge in [0.25, 0.3) is 0 Å². The highest BCUT2D eigenvalue weighted by Gasteiger charge is 2.29. The molecule has 1 atom stereocenters. The SMILES string of the molecule is CC1(C)CC(NC(=O)CCOc2cccc(N)c2)CCO1. The molecule has 1 amide bonds. The molecule has 0 saturated carbocycles. The molecule has 1 unspecified atom stereocenters. The molecule has 1 aromatic carbocycles. The van der Waals surface area contributed by atoms with Gasteiger partial charge in [-0.05, 0) is 38.8 Å². The van der Waals surface area contributed by atoms with Crippen LogP contribution < -0.4 is 15.8 Å². The Morgan fingerprint density at radius 2 is 2.33 bits per heavy atom. The standard InChI is InChI=1S/C16H24N2O3/c1-16(2)11-13(6-9-21-16)18-15(19)7-8-20-14-5-3-4-12(17)10-14/h3-5,10,13H,6-9,11,17H2,1-2H3,(H,18,19). The van der Waals surface area contributed by atoms with Crippen molar-refractivity contribution in [3.05, 3.63) is 24.3 Å². The van der Waals surface area contributed by atoms with Crippen molar-refractivity contribution in [2.24, 2.45) is 0 Å². The number of anilines is 1. The highest BCUT2D eigenvalue weighted by molar-refractivity contribution is 5.76. The molecule has 0 bridgehead atoms. The van der Waals surface area contributed by atoms with Crippen molar-refractivity contribution in [3.8, 4) is 5.75 Å². The predicted molar refractivity (Wildman–Crippen MR) is 82.2 cm³/mol. The summed E-state index contributed by atoms with van der Waals surface area (Å²) in [5, 5.41) is 3.05. The monoisotopic (exact) mass is 292 g/mol. The minimum Gasteiger partial charge on any atom is -0.493 e. The van der Waals surface area contributed by atoms with Gasteiger partial charge in [0.05, 0.1) is 18.6 Å². The van der Waals surface area contributed by atoms with E-state index in [0.29, 0.717) is 31.1 Å². The zero-order valence-electron chi connectivity index (χ0n) is 12.7. The maximum Gasteiger partial charge on any atom is 0.223 e. The second kappa shape index (κ2) is 6.80. The third kappa shape index (κ3) is 5.27. The number of carbonyl (C=O) groups excluding carboxylic acids is 1. The van der Waals surface area contributed by atoms with Crippen LogP contribution in [0.15, 0.2) is 24.3 Å². The molecule has 1 fully saturated rings. The normalized spacial score (nSPS) is 20.8. The van der Waals surface area contributed by atoms with Gasteiger partial charge in [0, 0.05) is 24.4 Å². The van der Waals surface area contributed by atoms with E-state index >= 15 is 0 Å². The van der Waals surface area contributed by atoms with Crippen LogP contribution in [0.1, 0.15) is 33.1 Å². The Morgan fingerprint density at radius 1 is 1.52 bits per heavy atom. The minimum absolute atomic E-state index is 0.0154. The zero-order chi connectivity index (χ0) is 15.3. The molecule has 0 radical (unpaired) electrons. The van der Waals surface area contributed by atoms with E-state index in [2.05, 4.69) is 5.32 Å². The Morgan fingerprint density at radius 3 is 3.05 bits per heavy atom. The molecule has 116 valence electrons. The summed E-state index contributed by atoms with van der Waals surface area (Å²) in [4.78, 5) is 11.9. The van der Waals surface area contributed by atoms with Crippen molar-refractivity contribution >= 4 is 11.6 Å². The van der Waals surface area contributed by atoms with Gasteiger partial charge in [0.15, 0.2) is 0 Å². The summed E-state index contributed by atoms with van der Waals surface area (Å²) in [5.74, 6) is 0.705. The summed E-state index contributed by atoms with van der Waals surface area (Å²) in [6.07, 6.45) is 2.05. The van der Waals surface area contributed by atoms with E-state index < -0.39 is 0 Å². The van der Waals surface area contributed by atoms with Gasteiger partial charge in [-0.3, -0.25) is 4.79 Å². The topological polar surface area (TPSA) is 73.6 Å². The highest BCUT2D eigenvalue weighted by atomic mass is 16.5. The molecule has 0 spiro atoms. The molecular formula is C16H24N2O3. The summed E-state index contributed by atoms with van der Waals surface area (Å²) < 4.78 is 11.2. The lowest BCUT2D eigenvalue weighted by Crippen LogP contribution is -2.46. The fourth-order valence-corrected chi connectivity index (χ4v) is 2.52. The fraction of sp³-hybridized carbons (Fsp3) is 0.562. The first-order valence-corrected chi connectivity index (χ1v) is 7.36. The van der Waals surface area contributed by atoms with Gasteiger partial charge >= 0.3 is 0 Å². The molecular weight excluding hydrogens is 268 g/mol. The molecule has 5 nitrogen and oxygen atoms in total. The number of hydrogen-bond acceptors (Lipinski definition) is 4. The van der Waals surface area contributed by atoms with E-state index in [-0.39, 0.29) is 17.6 Å². The zero-order valence-corrected chi connectivity index (χ0v) is 12.7. The van der Waals surface area contributed by atoms with E-state index in [1.807, 2.05) is 26.0 Å². The molecule has 2 rings (SSSR count). The molecule has 1 aromatic rings. The fourth-order valence-electron chi connectivity index (χ4n) is 2.52. The summed E-state index contributed by atoms with van der Waals surface area (Å²) >= 11 is 0. The van der Waals surface area contributed by atoms with Crippen LogP contribution in [0.4, 0.5) is 5.69 Å². The first-order valence-electron chi connectivity index (χ1n) is 7.36. The van der Waals surface area contributed by atoms with Crippen LogP contribution in [0.3, 0.4) is 0 Å². The van der Waals surface area contributed by atoms with Gasteiger partial charge in [0.1, 0.15) is 5.75 Å². The number of amides is 1. The van der Waals surface area contributed by atoms with E-state index in [1.165, 1.54) is 0 Å². The van der Waals surface area contributed by atoms with Crippen LogP contribution in [0, 0.1) is 0 Å². The number of nitrogens with one attached hydrogen (secondary N) is 1. The Kier molecular flexibility index (Phi) is 5.07. The summed E-state index contributed by atoms with van der Waals surface area (Å²) in [7, 11) is 0. The quantitative estimate of drug-likeness (QED) is 0.815. The third-order valence-electron chi connectivity index (χ3n) is 3.52. The van der Waals surface area contributed by atoms with Crippen LogP contribution in [0.25, 0.3) is 0 Å². The van der Waals surface area contributed by atoms with Crippen molar-refractivity contribution in [3.63, 3.8) is 0 Å². The van der Waals surface area contributed by atoms with Crippen LogP contribution in [0.2, 0.25) is 0 Å². The molecule has 0 aliphatic carbocycles. The Hall–Kier alpha value is -1.75. The average Bonchev–Trinajstić information content (AvgIpc) is 2.37. The maximum atomic E-state index is 11.9. The van der Waals surface area contributed by atoms with E-state index in [0.717, 1.165) is 12.8 Å². The van der Waals surface area contributed by atoms with E-state index in [9.17, 15) is 4.79 Å². The second-order valence-electron chi connectivity index (χ2n) is 6.04. The summed E-state index contributed by atoms with van der Waals surface area (Å²) in [6, 6.07) is 7.39. The predicted octanol–water partition coefficient (Wildman–Crippen LogP) is 2.11. The third-order valence-corrected chi connectivity index (χ3v) is 3.52. The van der Waals surface area contributed by atoms with E-state index in [4.69, 9.17) is 15.2 Å². The molecule has 1 aliphatic heterocycles. The number of hydrogen-bond donors (Lipinski definition) is 2. The molecule has 5 heteroatoms. The molecule has 1 heterocycles. The van der Waals surface area contributed by atoms with Crippen molar-refractivity contribution < 1.29 is 14.3 Å².